The summed E-state index contributed by atoms with van der Waals surface area (Å²) in [5.41, 5.74) is -0.0531. The SMILES string of the molecule is CC(C)(C)OC(=O)c1coc(Br)c1. The summed E-state index contributed by atoms with van der Waals surface area (Å²) in [6, 6.07) is 1.58. The van der Waals surface area contributed by atoms with Crippen molar-refractivity contribution in [1.82, 2.24) is 0 Å². The van der Waals surface area contributed by atoms with Gasteiger partial charge in [0.2, 0.25) is 0 Å². The summed E-state index contributed by atoms with van der Waals surface area (Å²) in [5, 5.41) is 0. The molecule has 0 fully saturated rings. The maximum absolute atomic E-state index is 11.4. The molecule has 0 unspecified atom stereocenters. The summed E-state index contributed by atoms with van der Waals surface area (Å²) in [6.45, 7) is 5.46. The smallest absolute Gasteiger partial charge is 0.341 e. The molecule has 0 aliphatic rings. The summed E-state index contributed by atoms with van der Waals surface area (Å²) in [5.74, 6) is -0.373. The van der Waals surface area contributed by atoms with Crippen molar-refractivity contribution in [2.24, 2.45) is 0 Å². The predicted octanol–water partition coefficient (Wildman–Crippen LogP) is 3.00. The van der Waals surface area contributed by atoms with Crippen LogP contribution in [-0.4, -0.2) is 11.6 Å². The van der Waals surface area contributed by atoms with E-state index in [4.69, 9.17) is 9.15 Å². The van der Waals surface area contributed by atoms with Crippen LogP contribution in [-0.2, 0) is 4.74 Å². The molecule has 0 atom stereocenters. The van der Waals surface area contributed by atoms with Gasteiger partial charge in [-0.15, -0.1) is 0 Å². The third-order valence-corrected chi connectivity index (χ3v) is 1.62. The highest BCUT2D eigenvalue weighted by molar-refractivity contribution is 9.10. The van der Waals surface area contributed by atoms with Gasteiger partial charge >= 0.3 is 5.97 Å². The lowest BCUT2D eigenvalue weighted by atomic mass is 10.2. The van der Waals surface area contributed by atoms with Gasteiger partial charge in [-0.3, -0.25) is 0 Å². The van der Waals surface area contributed by atoms with E-state index in [-0.39, 0.29) is 5.97 Å². The molecule has 3 nitrogen and oxygen atoms in total. The van der Waals surface area contributed by atoms with E-state index in [2.05, 4.69) is 15.9 Å². The van der Waals surface area contributed by atoms with Crippen molar-refractivity contribution in [3.05, 3.63) is 22.6 Å². The Morgan fingerprint density at radius 2 is 2.15 bits per heavy atom. The van der Waals surface area contributed by atoms with Crippen LogP contribution in [0.4, 0.5) is 0 Å². The lowest BCUT2D eigenvalue weighted by molar-refractivity contribution is 0.00689. The zero-order valence-corrected chi connectivity index (χ0v) is 9.34. The molecule has 4 heteroatoms. The minimum absolute atomic E-state index is 0.373. The van der Waals surface area contributed by atoms with Crippen molar-refractivity contribution >= 4 is 21.9 Å². The molecule has 0 spiro atoms. The Bertz CT molecular complexity index is 309. The number of ether oxygens (including phenoxy) is 1. The van der Waals surface area contributed by atoms with Gasteiger partial charge in [-0.2, -0.15) is 0 Å². The first-order chi connectivity index (χ1) is 5.88. The van der Waals surface area contributed by atoms with Crippen molar-refractivity contribution in [3.63, 3.8) is 0 Å². The van der Waals surface area contributed by atoms with E-state index in [1.54, 1.807) is 6.07 Å². The second kappa shape index (κ2) is 3.54. The van der Waals surface area contributed by atoms with E-state index >= 15 is 0 Å². The average Bonchev–Trinajstić information content (AvgIpc) is 2.31. The van der Waals surface area contributed by atoms with E-state index in [9.17, 15) is 4.79 Å². The van der Waals surface area contributed by atoms with E-state index in [0.29, 0.717) is 10.2 Å². The monoisotopic (exact) mass is 246 g/mol. The topological polar surface area (TPSA) is 39.4 Å². The van der Waals surface area contributed by atoms with Crippen LogP contribution in [0.5, 0.6) is 0 Å². The summed E-state index contributed by atoms with van der Waals surface area (Å²) < 4.78 is 10.6. The Kier molecular flexibility index (Phi) is 2.81. The van der Waals surface area contributed by atoms with Crippen LogP contribution < -0.4 is 0 Å². The summed E-state index contributed by atoms with van der Waals surface area (Å²) in [4.78, 5) is 11.4. The Labute approximate surface area is 85.2 Å². The predicted molar refractivity (Wildman–Crippen MR) is 51.6 cm³/mol. The maximum Gasteiger partial charge on any atom is 0.341 e. The molecule has 1 aromatic heterocycles. The number of rotatable bonds is 1. The highest BCUT2D eigenvalue weighted by Gasteiger charge is 2.19. The second-order valence-electron chi connectivity index (χ2n) is 3.64. The standard InChI is InChI=1S/C9H11BrO3/c1-9(2,3)13-8(11)6-4-7(10)12-5-6/h4-5H,1-3H3. The number of carbonyl (C=O) groups is 1. The number of esters is 1. The van der Waals surface area contributed by atoms with Crippen LogP contribution in [0.3, 0.4) is 0 Å². The summed E-state index contributed by atoms with van der Waals surface area (Å²) in [7, 11) is 0. The van der Waals surface area contributed by atoms with Gasteiger partial charge < -0.3 is 9.15 Å². The van der Waals surface area contributed by atoms with Crippen molar-refractivity contribution < 1.29 is 13.9 Å². The molecule has 0 saturated carbocycles. The van der Waals surface area contributed by atoms with Crippen molar-refractivity contribution in [2.45, 2.75) is 26.4 Å². The zero-order valence-electron chi connectivity index (χ0n) is 7.76. The molecule has 1 aromatic rings. The zero-order chi connectivity index (χ0) is 10.1. The molecule has 0 radical (unpaired) electrons. The lowest BCUT2D eigenvalue weighted by Crippen LogP contribution is -2.23. The van der Waals surface area contributed by atoms with E-state index in [1.807, 2.05) is 20.8 Å². The Morgan fingerprint density at radius 3 is 2.54 bits per heavy atom. The maximum atomic E-state index is 11.4. The molecule has 13 heavy (non-hydrogen) atoms. The molecule has 1 heterocycles. The van der Waals surface area contributed by atoms with Crippen LogP contribution in [0.2, 0.25) is 0 Å². The highest BCUT2D eigenvalue weighted by atomic mass is 79.9. The molecule has 72 valence electrons. The normalized spacial score (nSPS) is 11.4. The fourth-order valence-corrected chi connectivity index (χ4v) is 1.09. The Hall–Kier alpha value is -0.770. The minimum Gasteiger partial charge on any atom is -0.457 e. The number of hydrogen-bond acceptors (Lipinski definition) is 3. The summed E-state index contributed by atoms with van der Waals surface area (Å²) in [6.07, 6.45) is 1.36. The van der Waals surface area contributed by atoms with Gasteiger partial charge in [-0.25, -0.2) is 4.79 Å². The van der Waals surface area contributed by atoms with Crippen molar-refractivity contribution in [1.29, 1.82) is 0 Å². The van der Waals surface area contributed by atoms with Crippen LogP contribution in [0.25, 0.3) is 0 Å². The average molecular weight is 247 g/mol. The van der Waals surface area contributed by atoms with Gasteiger partial charge in [0, 0.05) is 6.07 Å². The Balaban J connectivity index is 2.70. The van der Waals surface area contributed by atoms with Gasteiger partial charge in [0.15, 0.2) is 4.67 Å². The van der Waals surface area contributed by atoms with E-state index in [0.717, 1.165) is 0 Å². The number of furan rings is 1. The van der Waals surface area contributed by atoms with Crippen LogP contribution in [0.1, 0.15) is 31.1 Å². The highest BCUT2D eigenvalue weighted by Crippen LogP contribution is 2.17. The fourth-order valence-electron chi connectivity index (χ4n) is 0.754. The fraction of sp³-hybridized carbons (Fsp3) is 0.444. The number of hydrogen-bond donors (Lipinski definition) is 0. The molecule has 0 amide bonds. The van der Waals surface area contributed by atoms with Crippen LogP contribution in [0.15, 0.2) is 21.4 Å². The quantitative estimate of drug-likeness (QED) is 0.716. The van der Waals surface area contributed by atoms with E-state index < -0.39 is 5.60 Å². The molecule has 0 aliphatic heterocycles. The number of halogens is 1. The molecule has 1 rings (SSSR count). The molecular formula is C9H11BrO3. The van der Waals surface area contributed by atoms with Crippen molar-refractivity contribution in [2.75, 3.05) is 0 Å². The van der Waals surface area contributed by atoms with Crippen LogP contribution in [0, 0.1) is 0 Å². The first kappa shape index (κ1) is 10.3. The minimum atomic E-state index is -0.471. The van der Waals surface area contributed by atoms with Gasteiger partial charge in [-0.05, 0) is 36.7 Å². The van der Waals surface area contributed by atoms with E-state index in [1.165, 1.54) is 6.26 Å². The van der Waals surface area contributed by atoms with Gasteiger partial charge in [-0.1, -0.05) is 0 Å². The molecule has 0 aromatic carbocycles. The Morgan fingerprint density at radius 1 is 1.54 bits per heavy atom. The molecule has 0 aliphatic carbocycles. The first-order valence-electron chi connectivity index (χ1n) is 3.86. The number of carbonyl (C=O) groups excluding carboxylic acids is 1. The summed E-state index contributed by atoms with van der Waals surface area (Å²) >= 11 is 3.11. The van der Waals surface area contributed by atoms with Gasteiger partial charge in [0.25, 0.3) is 0 Å². The van der Waals surface area contributed by atoms with Crippen molar-refractivity contribution in [3.8, 4) is 0 Å². The molecule has 0 N–H and O–H groups in total. The third kappa shape index (κ3) is 3.22. The third-order valence-electron chi connectivity index (χ3n) is 1.20. The molecule has 0 bridgehead atoms. The van der Waals surface area contributed by atoms with Gasteiger partial charge in [0.1, 0.15) is 11.9 Å². The lowest BCUT2D eigenvalue weighted by Gasteiger charge is -2.18. The first-order valence-corrected chi connectivity index (χ1v) is 4.65. The second-order valence-corrected chi connectivity index (χ2v) is 4.42. The molecule has 0 saturated heterocycles. The largest absolute Gasteiger partial charge is 0.457 e. The molecular weight excluding hydrogens is 236 g/mol. The van der Waals surface area contributed by atoms with Crippen LogP contribution >= 0.6 is 15.9 Å². The van der Waals surface area contributed by atoms with Gasteiger partial charge in [0.05, 0.1) is 5.56 Å².